The van der Waals surface area contributed by atoms with Gasteiger partial charge in [-0.05, 0) is 61.3 Å². The summed E-state index contributed by atoms with van der Waals surface area (Å²) in [5.41, 5.74) is 1.37. The lowest BCUT2D eigenvalue weighted by atomic mass is 10.1. The zero-order valence-electron chi connectivity index (χ0n) is 16.1. The highest BCUT2D eigenvalue weighted by atomic mass is 19.1. The summed E-state index contributed by atoms with van der Waals surface area (Å²) >= 11 is 0. The van der Waals surface area contributed by atoms with Gasteiger partial charge in [-0.15, -0.1) is 0 Å². The van der Waals surface area contributed by atoms with E-state index in [4.69, 9.17) is 9.47 Å². The van der Waals surface area contributed by atoms with Crippen molar-refractivity contribution in [2.75, 3.05) is 53.0 Å². The molecule has 1 aliphatic rings. The van der Waals surface area contributed by atoms with Crippen molar-refractivity contribution in [1.82, 2.24) is 9.80 Å². The topological polar surface area (TPSA) is 24.9 Å². The fourth-order valence-electron chi connectivity index (χ4n) is 3.36. The molecule has 146 valence electrons. The standard InChI is InChI=1S/C22H29FN2O2/c1-26-21-8-4-19(5-9-21)3-2-12-24-13-15-25(16-14-24)17-18-27-22-10-6-20(23)7-11-22/h4-11H,2-3,12-18H2,1H3. The van der Waals surface area contributed by atoms with Gasteiger partial charge in [0.25, 0.3) is 0 Å². The predicted octanol–water partition coefficient (Wildman–Crippen LogP) is 3.46. The van der Waals surface area contributed by atoms with Gasteiger partial charge in [-0.1, -0.05) is 12.1 Å². The van der Waals surface area contributed by atoms with E-state index >= 15 is 0 Å². The Labute approximate surface area is 161 Å². The van der Waals surface area contributed by atoms with E-state index in [1.807, 2.05) is 12.1 Å². The second kappa shape index (κ2) is 10.3. The predicted molar refractivity (Wildman–Crippen MR) is 106 cm³/mol. The molecule has 1 heterocycles. The quantitative estimate of drug-likeness (QED) is 0.673. The average Bonchev–Trinajstić information content (AvgIpc) is 2.71. The molecule has 2 aromatic rings. The van der Waals surface area contributed by atoms with Gasteiger partial charge in [0, 0.05) is 32.7 Å². The number of hydrogen-bond acceptors (Lipinski definition) is 4. The maximum atomic E-state index is 12.9. The first-order valence-electron chi connectivity index (χ1n) is 9.69. The van der Waals surface area contributed by atoms with Gasteiger partial charge in [0.1, 0.15) is 23.9 Å². The average molecular weight is 372 g/mol. The van der Waals surface area contributed by atoms with Crippen molar-refractivity contribution >= 4 is 0 Å². The highest BCUT2D eigenvalue weighted by molar-refractivity contribution is 5.27. The second-order valence-electron chi connectivity index (χ2n) is 6.94. The molecule has 0 amide bonds. The Balaban J connectivity index is 1.27. The fourth-order valence-corrected chi connectivity index (χ4v) is 3.36. The van der Waals surface area contributed by atoms with Crippen molar-refractivity contribution in [2.45, 2.75) is 12.8 Å². The largest absolute Gasteiger partial charge is 0.497 e. The highest BCUT2D eigenvalue weighted by Gasteiger charge is 2.16. The zero-order chi connectivity index (χ0) is 18.9. The van der Waals surface area contributed by atoms with Crippen LogP contribution in [-0.2, 0) is 6.42 Å². The summed E-state index contributed by atoms with van der Waals surface area (Å²) in [5, 5.41) is 0. The number of rotatable bonds is 9. The van der Waals surface area contributed by atoms with Gasteiger partial charge in [0.15, 0.2) is 0 Å². The number of piperazine rings is 1. The minimum atomic E-state index is -0.231. The molecule has 0 aliphatic carbocycles. The number of benzene rings is 2. The molecule has 4 nitrogen and oxygen atoms in total. The van der Waals surface area contributed by atoms with Gasteiger partial charge >= 0.3 is 0 Å². The monoisotopic (exact) mass is 372 g/mol. The summed E-state index contributed by atoms with van der Waals surface area (Å²) < 4.78 is 23.8. The molecular weight excluding hydrogens is 343 g/mol. The minimum Gasteiger partial charge on any atom is -0.497 e. The molecule has 0 spiro atoms. The number of nitrogens with zero attached hydrogens (tertiary/aromatic N) is 2. The molecule has 0 N–H and O–H groups in total. The molecule has 27 heavy (non-hydrogen) atoms. The Morgan fingerprint density at radius 1 is 0.815 bits per heavy atom. The summed E-state index contributed by atoms with van der Waals surface area (Å²) in [6, 6.07) is 14.6. The van der Waals surface area contributed by atoms with Crippen molar-refractivity contribution in [3.8, 4) is 11.5 Å². The first-order chi connectivity index (χ1) is 13.2. The van der Waals surface area contributed by atoms with Crippen molar-refractivity contribution in [3.63, 3.8) is 0 Å². The molecule has 0 bridgehead atoms. The molecule has 1 fully saturated rings. The summed E-state index contributed by atoms with van der Waals surface area (Å²) in [6.45, 7) is 7.08. The van der Waals surface area contributed by atoms with Crippen molar-refractivity contribution < 1.29 is 13.9 Å². The molecule has 0 aromatic heterocycles. The number of aryl methyl sites for hydroxylation is 1. The lowest BCUT2D eigenvalue weighted by Crippen LogP contribution is -2.47. The highest BCUT2D eigenvalue weighted by Crippen LogP contribution is 2.14. The zero-order valence-corrected chi connectivity index (χ0v) is 16.1. The van der Waals surface area contributed by atoms with Crippen molar-refractivity contribution in [3.05, 3.63) is 59.9 Å². The lowest BCUT2D eigenvalue weighted by molar-refractivity contribution is 0.116. The van der Waals surface area contributed by atoms with E-state index in [0.717, 1.165) is 57.2 Å². The van der Waals surface area contributed by atoms with E-state index in [1.165, 1.54) is 24.1 Å². The Bertz CT molecular complexity index is 668. The van der Waals surface area contributed by atoms with E-state index in [0.29, 0.717) is 6.61 Å². The number of methoxy groups -OCH3 is 1. The molecule has 1 aliphatic heterocycles. The molecule has 0 unspecified atom stereocenters. The van der Waals surface area contributed by atoms with Crippen LogP contribution in [0, 0.1) is 5.82 Å². The van der Waals surface area contributed by atoms with Gasteiger partial charge < -0.3 is 14.4 Å². The summed E-state index contributed by atoms with van der Waals surface area (Å²) in [7, 11) is 1.70. The van der Waals surface area contributed by atoms with E-state index < -0.39 is 0 Å². The molecule has 3 rings (SSSR count). The Morgan fingerprint density at radius 2 is 1.41 bits per heavy atom. The number of halogens is 1. The Kier molecular flexibility index (Phi) is 7.48. The normalized spacial score (nSPS) is 15.6. The van der Waals surface area contributed by atoms with Gasteiger partial charge in [0.2, 0.25) is 0 Å². The molecule has 0 saturated carbocycles. The first-order valence-corrected chi connectivity index (χ1v) is 9.69. The molecule has 5 heteroatoms. The second-order valence-corrected chi connectivity index (χ2v) is 6.94. The maximum absolute atomic E-state index is 12.9. The molecule has 1 saturated heterocycles. The van der Waals surface area contributed by atoms with Crippen LogP contribution in [0.15, 0.2) is 48.5 Å². The van der Waals surface area contributed by atoms with Gasteiger partial charge in [-0.2, -0.15) is 0 Å². The van der Waals surface area contributed by atoms with Crippen LogP contribution in [0.25, 0.3) is 0 Å². The summed E-state index contributed by atoms with van der Waals surface area (Å²) in [6.07, 6.45) is 2.29. The van der Waals surface area contributed by atoms with E-state index in [1.54, 1.807) is 19.2 Å². The van der Waals surface area contributed by atoms with E-state index in [2.05, 4.69) is 21.9 Å². The van der Waals surface area contributed by atoms with Crippen LogP contribution in [-0.4, -0.2) is 62.8 Å². The van der Waals surface area contributed by atoms with Gasteiger partial charge in [0.05, 0.1) is 7.11 Å². The third kappa shape index (κ3) is 6.52. The van der Waals surface area contributed by atoms with E-state index in [9.17, 15) is 4.39 Å². The van der Waals surface area contributed by atoms with Crippen LogP contribution in [0.3, 0.4) is 0 Å². The van der Waals surface area contributed by atoms with Crippen molar-refractivity contribution in [1.29, 1.82) is 0 Å². The van der Waals surface area contributed by atoms with Crippen LogP contribution in [0.4, 0.5) is 4.39 Å². The van der Waals surface area contributed by atoms with Gasteiger partial charge in [-0.3, -0.25) is 4.90 Å². The maximum Gasteiger partial charge on any atom is 0.123 e. The molecule has 0 radical (unpaired) electrons. The Morgan fingerprint density at radius 3 is 2.04 bits per heavy atom. The Hall–Kier alpha value is -2.11. The first kappa shape index (κ1) is 19.6. The lowest BCUT2D eigenvalue weighted by Gasteiger charge is -2.34. The van der Waals surface area contributed by atoms with Crippen LogP contribution in [0.1, 0.15) is 12.0 Å². The molecular formula is C22H29FN2O2. The molecule has 2 aromatic carbocycles. The third-order valence-electron chi connectivity index (χ3n) is 5.05. The minimum absolute atomic E-state index is 0.231. The number of ether oxygens (including phenoxy) is 2. The van der Waals surface area contributed by atoms with Crippen LogP contribution in [0.5, 0.6) is 11.5 Å². The fraction of sp³-hybridized carbons (Fsp3) is 0.455. The SMILES string of the molecule is COc1ccc(CCCN2CCN(CCOc3ccc(F)cc3)CC2)cc1. The smallest absolute Gasteiger partial charge is 0.123 e. The number of hydrogen-bond donors (Lipinski definition) is 0. The van der Waals surface area contributed by atoms with Crippen molar-refractivity contribution in [2.24, 2.45) is 0 Å². The third-order valence-corrected chi connectivity index (χ3v) is 5.05. The van der Waals surface area contributed by atoms with Crippen LogP contribution in [0.2, 0.25) is 0 Å². The summed E-state index contributed by atoms with van der Waals surface area (Å²) in [4.78, 5) is 4.98. The van der Waals surface area contributed by atoms with Crippen LogP contribution >= 0.6 is 0 Å². The molecule has 0 atom stereocenters. The summed E-state index contributed by atoms with van der Waals surface area (Å²) in [5.74, 6) is 1.41. The van der Waals surface area contributed by atoms with Crippen LogP contribution < -0.4 is 9.47 Å². The van der Waals surface area contributed by atoms with Gasteiger partial charge in [-0.25, -0.2) is 4.39 Å². The van der Waals surface area contributed by atoms with E-state index in [-0.39, 0.29) is 5.82 Å².